The van der Waals surface area contributed by atoms with Crippen LogP contribution >= 0.6 is 15.9 Å². The third kappa shape index (κ3) is 2.94. The number of rotatable bonds is 4. The first kappa shape index (κ1) is 13.2. The summed E-state index contributed by atoms with van der Waals surface area (Å²) in [5, 5.41) is 0. The largest absolute Gasteiger partial charge is 0.325 e. The number of aromatic nitrogens is 2. The predicted molar refractivity (Wildman–Crippen MR) is 69.4 cm³/mol. The summed E-state index contributed by atoms with van der Waals surface area (Å²) in [7, 11) is 0. The van der Waals surface area contributed by atoms with Crippen LogP contribution < -0.4 is 5.73 Å². The van der Waals surface area contributed by atoms with Crippen molar-refractivity contribution < 1.29 is 8.78 Å². The van der Waals surface area contributed by atoms with Gasteiger partial charge in [0.25, 0.3) is 5.92 Å². The molecule has 0 atom stereocenters. The number of halogens is 3. The van der Waals surface area contributed by atoms with E-state index < -0.39 is 19.0 Å². The third-order valence-corrected chi connectivity index (χ3v) is 3.08. The maximum Gasteiger partial charge on any atom is 0.277 e. The van der Waals surface area contributed by atoms with Crippen LogP contribution in [0.25, 0.3) is 11.3 Å². The van der Waals surface area contributed by atoms with Crippen molar-refractivity contribution in [3.05, 3.63) is 41.3 Å². The van der Waals surface area contributed by atoms with Gasteiger partial charge >= 0.3 is 0 Å². The molecule has 2 aromatic rings. The van der Waals surface area contributed by atoms with Gasteiger partial charge in [0.1, 0.15) is 0 Å². The van der Waals surface area contributed by atoms with Crippen molar-refractivity contribution in [3.63, 3.8) is 0 Å². The Bertz CT molecular complexity index is 522. The van der Waals surface area contributed by atoms with Gasteiger partial charge in [-0.05, 0) is 17.7 Å². The van der Waals surface area contributed by atoms with E-state index in [1.165, 1.54) is 10.9 Å². The van der Waals surface area contributed by atoms with Crippen molar-refractivity contribution >= 4 is 15.9 Å². The van der Waals surface area contributed by atoms with E-state index in [2.05, 4.69) is 20.9 Å². The van der Waals surface area contributed by atoms with Crippen molar-refractivity contribution in [2.75, 3.05) is 6.54 Å². The fourth-order valence-electron chi connectivity index (χ4n) is 1.62. The molecule has 0 bridgehead atoms. The highest BCUT2D eigenvalue weighted by molar-refractivity contribution is 9.10. The van der Waals surface area contributed by atoms with Gasteiger partial charge in [0.05, 0.1) is 31.3 Å². The van der Waals surface area contributed by atoms with Gasteiger partial charge in [-0.1, -0.05) is 28.1 Å². The van der Waals surface area contributed by atoms with E-state index in [1.54, 1.807) is 6.20 Å². The second kappa shape index (κ2) is 5.16. The average molecular weight is 316 g/mol. The Balaban J connectivity index is 2.30. The summed E-state index contributed by atoms with van der Waals surface area (Å²) in [6.45, 7) is -1.14. The molecule has 0 unspecified atom stereocenters. The van der Waals surface area contributed by atoms with E-state index in [4.69, 9.17) is 5.73 Å². The molecule has 0 saturated heterocycles. The highest BCUT2D eigenvalue weighted by atomic mass is 79.9. The normalized spacial score (nSPS) is 11.8. The third-order valence-electron chi connectivity index (χ3n) is 2.55. The van der Waals surface area contributed by atoms with Crippen LogP contribution in [0.4, 0.5) is 8.78 Å². The first-order valence-corrected chi connectivity index (χ1v) is 6.15. The van der Waals surface area contributed by atoms with Crippen LogP contribution in [0.3, 0.4) is 0 Å². The van der Waals surface area contributed by atoms with E-state index in [9.17, 15) is 8.78 Å². The van der Waals surface area contributed by atoms with Crippen LogP contribution in [0.5, 0.6) is 0 Å². The topological polar surface area (TPSA) is 43.8 Å². The fraction of sp³-hybridized carbons (Fsp3) is 0.250. The number of alkyl halides is 2. The Hall–Kier alpha value is -1.27. The van der Waals surface area contributed by atoms with Crippen molar-refractivity contribution in [3.8, 4) is 11.3 Å². The van der Waals surface area contributed by atoms with Crippen LogP contribution in [0.1, 0.15) is 0 Å². The highest BCUT2D eigenvalue weighted by Crippen LogP contribution is 2.24. The highest BCUT2D eigenvalue weighted by Gasteiger charge is 2.28. The minimum atomic E-state index is -2.93. The van der Waals surface area contributed by atoms with Gasteiger partial charge in [0.15, 0.2) is 0 Å². The molecule has 96 valence electrons. The van der Waals surface area contributed by atoms with Crippen molar-refractivity contribution in [2.24, 2.45) is 5.73 Å². The molecule has 0 aliphatic rings. The molecule has 0 saturated carbocycles. The summed E-state index contributed by atoms with van der Waals surface area (Å²) < 4.78 is 28.9. The molecule has 18 heavy (non-hydrogen) atoms. The van der Waals surface area contributed by atoms with Gasteiger partial charge in [0, 0.05) is 4.47 Å². The summed E-state index contributed by atoms with van der Waals surface area (Å²) in [5.74, 6) is -2.93. The summed E-state index contributed by atoms with van der Waals surface area (Å²) in [6.07, 6.45) is 2.96. The lowest BCUT2D eigenvalue weighted by atomic mass is 10.1. The zero-order valence-electron chi connectivity index (χ0n) is 9.48. The molecule has 2 N–H and O–H groups in total. The van der Waals surface area contributed by atoms with E-state index >= 15 is 0 Å². The van der Waals surface area contributed by atoms with E-state index in [0.29, 0.717) is 5.69 Å². The second-order valence-corrected chi connectivity index (χ2v) is 4.89. The summed E-state index contributed by atoms with van der Waals surface area (Å²) in [4.78, 5) is 3.92. The Kier molecular flexibility index (Phi) is 3.77. The molecule has 0 amide bonds. The van der Waals surface area contributed by atoms with Gasteiger partial charge in [-0.3, -0.25) is 0 Å². The van der Waals surface area contributed by atoms with Gasteiger partial charge in [0.2, 0.25) is 0 Å². The van der Waals surface area contributed by atoms with Crippen molar-refractivity contribution in [1.29, 1.82) is 0 Å². The SMILES string of the molecule is NCC(F)(F)Cn1cncc1-c1ccc(Br)cc1. The first-order valence-electron chi connectivity index (χ1n) is 5.36. The van der Waals surface area contributed by atoms with Crippen LogP contribution in [-0.4, -0.2) is 22.0 Å². The molecule has 0 fully saturated rings. The molecule has 2 rings (SSSR count). The Morgan fingerprint density at radius 2 is 1.94 bits per heavy atom. The van der Waals surface area contributed by atoms with E-state index in [1.807, 2.05) is 24.3 Å². The Morgan fingerprint density at radius 1 is 1.28 bits per heavy atom. The molecule has 6 heteroatoms. The average Bonchev–Trinajstić information content (AvgIpc) is 2.77. The minimum absolute atomic E-state index is 0.463. The molecule has 0 aliphatic carbocycles. The summed E-state index contributed by atoms with van der Waals surface area (Å²) in [5.41, 5.74) is 6.53. The molecule has 3 nitrogen and oxygen atoms in total. The van der Waals surface area contributed by atoms with Crippen LogP contribution in [0.2, 0.25) is 0 Å². The predicted octanol–water partition coefficient (Wildman–Crippen LogP) is 2.91. The molecule has 1 aromatic carbocycles. The van der Waals surface area contributed by atoms with Crippen LogP contribution in [-0.2, 0) is 6.54 Å². The lowest BCUT2D eigenvalue weighted by molar-refractivity contribution is -0.00624. The molecular weight excluding hydrogens is 304 g/mol. The minimum Gasteiger partial charge on any atom is -0.325 e. The zero-order chi connectivity index (χ0) is 13.2. The quantitative estimate of drug-likeness (QED) is 0.942. The van der Waals surface area contributed by atoms with Crippen molar-refractivity contribution in [1.82, 2.24) is 9.55 Å². The number of benzene rings is 1. The van der Waals surface area contributed by atoms with Crippen molar-refractivity contribution in [2.45, 2.75) is 12.5 Å². The Labute approximate surface area is 112 Å². The second-order valence-electron chi connectivity index (χ2n) is 3.97. The number of nitrogens with two attached hydrogens (primary N) is 1. The number of hydrogen-bond acceptors (Lipinski definition) is 2. The van der Waals surface area contributed by atoms with Gasteiger partial charge in [-0.25, -0.2) is 13.8 Å². The monoisotopic (exact) mass is 315 g/mol. The molecule has 0 radical (unpaired) electrons. The molecular formula is C12H12BrF2N3. The molecule has 0 spiro atoms. The van der Waals surface area contributed by atoms with Crippen LogP contribution in [0.15, 0.2) is 41.3 Å². The number of hydrogen-bond donors (Lipinski definition) is 1. The van der Waals surface area contributed by atoms with E-state index in [-0.39, 0.29) is 0 Å². The first-order chi connectivity index (χ1) is 8.52. The smallest absolute Gasteiger partial charge is 0.277 e. The molecule has 0 aliphatic heterocycles. The summed E-state index contributed by atoms with van der Waals surface area (Å²) >= 11 is 3.33. The zero-order valence-corrected chi connectivity index (χ0v) is 11.1. The van der Waals surface area contributed by atoms with Gasteiger partial charge in [-0.2, -0.15) is 0 Å². The molecule has 1 heterocycles. The lowest BCUT2D eigenvalue weighted by Crippen LogP contribution is -2.32. The maximum atomic E-state index is 13.3. The lowest BCUT2D eigenvalue weighted by Gasteiger charge is -2.16. The van der Waals surface area contributed by atoms with E-state index in [0.717, 1.165) is 10.0 Å². The van der Waals surface area contributed by atoms with Gasteiger partial charge in [-0.15, -0.1) is 0 Å². The maximum absolute atomic E-state index is 13.3. The number of imidazole rings is 1. The van der Waals surface area contributed by atoms with Crippen LogP contribution in [0, 0.1) is 0 Å². The standard InChI is InChI=1S/C12H12BrF2N3/c13-10-3-1-9(2-4-10)11-5-17-8-18(11)7-12(14,15)6-16/h1-5,8H,6-7,16H2. The fourth-order valence-corrected chi connectivity index (χ4v) is 1.89. The number of nitrogens with zero attached hydrogens (tertiary/aromatic N) is 2. The van der Waals surface area contributed by atoms with Gasteiger partial charge < -0.3 is 10.3 Å². The molecule has 1 aromatic heterocycles. The Morgan fingerprint density at radius 3 is 2.56 bits per heavy atom. The summed E-state index contributed by atoms with van der Waals surface area (Å²) in [6, 6.07) is 7.40.